The maximum atomic E-state index is 12.3. The highest BCUT2D eigenvalue weighted by molar-refractivity contribution is 5.99. The van der Waals surface area contributed by atoms with Gasteiger partial charge in [0.1, 0.15) is 6.61 Å². The van der Waals surface area contributed by atoms with Crippen LogP contribution in [0.3, 0.4) is 0 Å². The summed E-state index contributed by atoms with van der Waals surface area (Å²) in [5.41, 5.74) is 1.06. The standard InChI is InChI=1S/C18H23NO4/c1-14(10-11-20)6-5-9-17(21)19-16(13-23-18(19)22)12-15-7-3-2-4-8-15/h2-5,7-9,14,16,20H,6,10-13H2,1H3/b9-5+/t14-,16-/m0/s1. The molecule has 1 aliphatic heterocycles. The van der Waals surface area contributed by atoms with Crippen LogP contribution in [0.25, 0.3) is 0 Å². The van der Waals surface area contributed by atoms with E-state index in [1.54, 1.807) is 6.08 Å². The molecule has 5 heteroatoms. The smallest absolute Gasteiger partial charge is 0.417 e. The number of ether oxygens (including phenoxy) is 1. The maximum absolute atomic E-state index is 12.3. The number of benzene rings is 1. The Labute approximate surface area is 136 Å². The van der Waals surface area contributed by atoms with Crippen molar-refractivity contribution < 1.29 is 19.4 Å². The van der Waals surface area contributed by atoms with Crippen LogP contribution >= 0.6 is 0 Å². The van der Waals surface area contributed by atoms with Crippen LogP contribution in [-0.4, -0.2) is 41.3 Å². The summed E-state index contributed by atoms with van der Waals surface area (Å²) in [6, 6.07) is 9.47. The Morgan fingerprint density at radius 3 is 2.87 bits per heavy atom. The topological polar surface area (TPSA) is 66.8 Å². The van der Waals surface area contributed by atoms with Crippen molar-refractivity contribution >= 4 is 12.0 Å². The van der Waals surface area contributed by atoms with Crippen molar-refractivity contribution in [2.75, 3.05) is 13.2 Å². The molecule has 0 aliphatic carbocycles. The Balaban J connectivity index is 1.96. The van der Waals surface area contributed by atoms with Gasteiger partial charge < -0.3 is 9.84 Å². The lowest BCUT2D eigenvalue weighted by atomic mass is 10.0. The molecule has 23 heavy (non-hydrogen) atoms. The van der Waals surface area contributed by atoms with Gasteiger partial charge >= 0.3 is 6.09 Å². The van der Waals surface area contributed by atoms with E-state index in [-0.39, 0.29) is 25.2 Å². The van der Waals surface area contributed by atoms with Crippen LogP contribution in [0.4, 0.5) is 4.79 Å². The third-order valence-corrected chi connectivity index (χ3v) is 3.93. The van der Waals surface area contributed by atoms with E-state index in [9.17, 15) is 9.59 Å². The first-order valence-electron chi connectivity index (χ1n) is 7.93. The second kappa shape index (κ2) is 8.48. The number of amides is 2. The minimum absolute atomic E-state index is 0.139. The first-order chi connectivity index (χ1) is 11.1. The molecule has 0 aromatic heterocycles. The predicted octanol–water partition coefficient (Wildman–Crippen LogP) is 2.54. The monoisotopic (exact) mass is 317 g/mol. The molecular weight excluding hydrogens is 294 g/mol. The molecule has 1 fully saturated rings. The van der Waals surface area contributed by atoms with Crippen molar-refractivity contribution in [3.63, 3.8) is 0 Å². The summed E-state index contributed by atoms with van der Waals surface area (Å²) in [6.45, 7) is 2.38. The van der Waals surface area contributed by atoms with Crippen molar-refractivity contribution in [2.45, 2.75) is 32.2 Å². The van der Waals surface area contributed by atoms with Crippen LogP contribution in [0.2, 0.25) is 0 Å². The zero-order valence-electron chi connectivity index (χ0n) is 13.4. The summed E-state index contributed by atoms with van der Waals surface area (Å²) in [7, 11) is 0. The number of carbonyl (C=O) groups excluding carboxylic acids is 2. The van der Waals surface area contributed by atoms with E-state index in [4.69, 9.17) is 9.84 Å². The molecule has 1 aromatic rings. The van der Waals surface area contributed by atoms with Gasteiger partial charge in [-0.2, -0.15) is 0 Å². The molecule has 2 rings (SSSR count). The van der Waals surface area contributed by atoms with Crippen molar-refractivity contribution in [2.24, 2.45) is 5.92 Å². The van der Waals surface area contributed by atoms with Crippen LogP contribution in [0.5, 0.6) is 0 Å². The second-order valence-corrected chi connectivity index (χ2v) is 5.88. The Morgan fingerprint density at radius 2 is 2.17 bits per heavy atom. The molecule has 1 N–H and O–H groups in total. The van der Waals surface area contributed by atoms with Gasteiger partial charge in [0, 0.05) is 6.61 Å². The zero-order chi connectivity index (χ0) is 16.7. The molecule has 0 bridgehead atoms. The number of hydrogen-bond acceptors (Lipinski definition) is 4. The van der Waals surface area contributed by atoms with Crippen LogP contribution < -0.4 is 0 Å². The number of nitrogens with zero attached hydrogens (tertiary/aromatic N) is 1. The van der Waals surface area contributed by atoms with E-state index in [0.29, 0.717) is 25.2 Å². The number of aliphatic hydroxyl groups excluding tert-OH is 1. The van der Waals surface area contributed by atoms with Gasteiger partial charge in [0.2, 0.25) is 0 Å². The number of hydrogen-bond donors (Lipinski definition) is 1. The summed E-state index contributed by atoms with van der Waals surface area (Å²) in [5, 5.41) is 8.87. The molecule has 1 aromatic carbocycles. The van der Waals surface area contributed by atoms with Crippen LogP contribution in [0, 0.1) is 5.92 Å². The zero-order valence-corrected chi connectivity index (χ0v) is 13.4. The molecule has 2 atom stereocenters. The fraction of sp³-hybridized carbons (Fsp3) is 0.444. The molecule has 0 spiro atoms. The first-order valence-corrected chi connectivity index (χ1v) is 7.93. The summed E-state index contributed by atoms with van der Waals surface area (Å²) < 4.78 is 5.04. The SMILES string of the molecule is C[C@@H](C/C=C/C(=O)N1C(=O)OC[C@@H]1Cc1ccccc1)CCO. The highest BCUT2D eigenvalue weighted by Crippen LogP contribution is 2.18. The van der Waals surface area contributed by atoms with Gasteiger partial charge in [-0.25, -0.2) is 9.69 Å². The van der Waals surface area contributed by atoms with Gasteiger partial charge in [0.25, 0.3) is 5.91 Å². The Kier molecular flexibility index (Phi) is 6.35. The summed E-state index contributed by atoms with van der Waals surface area (Å²) in [4.78, 5) is 25.3. The number of carbonyl (C=O) groups is 2. The molecule has 1 aliphatic rings. The average Bonchev–Trinajstić information content (AvgIpc) is 2.89. The van der Waals surface area contributed by atoms with E-state index < -0.39 is 6.09 Å². The van der Waals surface area contributed by atoms with Crippen molar-refractivity contribution in [3.05, 3.63) is 48.0 Å². The van der Waals surface area contributed by atoms with Gasteiger partial charge in [0.15, 0.2) is 0 Å². The highest BCUT2D eigenvalue weighted by Gasteiger charge is 2.36. The summed E-state index contributed by atoms with van der Waals surface area (Å²) in [5.74, 6) is -0.0423. The lowest BCUT2D eigenvalue weighted by Gasteiger charge is -2.18. The minimum Gasteiger partial charge on any atom is -0.447 e. The summed E-state index contributed by atoms with van der Waals surface area (Å²) in [6.07, 6.45) is 4.59. The molecule has 0 radical (unpaired) electrons. The second-order valence-electron chi connectivity index (χ2n) is 5.88. The van der Waals surface area contributed by atoms with E-state index in [2.05, 4.69) is 0 Å². The fourth-order valence-electron chi connectivity index (χ4n) is 2.59. The fourth-order valence-corrected chi connectivity index (χ4v) is 2.59. The molecule has 0 saturated carbocycles. The van der Waals surface area contributed by atoms with E-state index in [1.807, 2.05) is 37.3 Å². The molecule has 5 nitrogen and oxygen atoms in total. The van der Waals surface area contributed by atoms with E-state index in [0.717, 1.165) is 5.56 Å². The van der Waals surface area contributed by atoms with Crippen molar-refractivity contribution in [3.8, 4) is 0 Å². The Bertz CT molecular complexity index is 555. The number of allylic oxidation sites excluding steroid dienone is 1. The van der Waals surface area contributed by atoms with E-state index >= 15 is 0 Å². The molecule has 1 saturated heterocycles. The minimum atomic E-state index is -0.580. The first kappa shape index (κ1) is 17.2. The maximum Gasteiger partial charge on any atom is 0.417 e. The third kappa shape index (κ3) is 4.93. The number of aliphatic hydroxyl groups is 1. The van der Waals surface area contributed by atoms with Crippen molar-refractivity contribution in [1.82, 2.24) is 4.90 Å². The van der Waals surface area contributed by atoms with E-state index in [1.165, 1.54) is 11.0 Å². The van der Waals surface area contributed by atoms with Crippen LogP contribution in [-0.2, 0) is 16.0 Å². The lowest BCUT2D eigenvalue weighted by molar-refractivity contribution is -0.124. The highest BCUT2D eigenvalue weighted by atomic mass is 16.6. The van der Waals surface area contributed by atoms with Crippen LogP contribution in [0.15, 0.2) is 42.5 Å². The molecule has 0 unspecified atom stereocenters. The Morgan fingerprint density at radius 1 is 1.43 bits per heavy atom. The molecule has 1 heterocycles. The van der Waals surface area contributed by atoms with Gasteiger partial charge in [0.05, 0.1) is 6.04 Å². The van der Waals surface area contributed by atoms with Crippen LogP contribution in [0.1, 0.15) is 25.3 Å². The largest absolute Gasteiger partial charge is 0.447 e. The third-order valence-electron chi connectivity index (χ3n) is 3.93. The normalized spacial score (nSPS) is 19.1. The lowest BCUT2D eigenvalue weighted by Crippen LogP contribution is -2.39. The molecule has 124 valence electrons. The van der Waals surface area contributed by atoms with Gasteiger partial charge in [-0.05, 0) is 36.8 Å². The van der Waals surface area contributed by atoms with Gasteiger partial charge in [-0.1, -0.05) is 43.3 Å². The summed E-state index contributed by atoms with van der Waals surface area (Å²) >= 11 is 0. The average molecular weight is 317 g/mol. The van der Waals surface area contributed by atoms with Gasteiger partial charge in [-0.15, -0.1) is 0 Å². The van der Waals surface area contributed by atoms with Gasteiger partial charge in [-0.3, -0.25) is 4.79 Å². The number of rotatable bonds is 7. The van der Waals surface area contributed by atoms with Crippen molar-refractivity contribution in [1.29, 1.82) is 0 Å². The molecule has 2 amide bonds. The number of imide groups is 1. The Hall–Kier alpha value is -2.14. The number of cyclic esters (lactones) is 1. The quantitative estimate of drug-likeness (QED) is 0.785. The molecular formula is C18H23NO4. The predicted molar refractivity (Wildman–Crippen MR) is 86.8 cm³/mol.